The molecule has 0 radical (unpaired) electrons. The highest BCUT2D eigenvalue weighted by Crippen LogP contribution is 2.27. The standard InChI is InChI=1S/C13H13F2N3OS/c1-3-16-10-7-11(18-13(17-10)20-2)19-9-6-4-5-8(14)12(9)15/h4-7H,3H2,1-2H3,(H,16,17,18). The first-order valence-corrected chi connectivity index (χ1v) is 7.15. The molecule has 0 saturated carbocycles. The molecule has 0 spiro atoms. The van der Waals surface area contributed by atoms with Gasteiger partial charge in [0, 0.05) is 12.6 Å². The number of halogens is 2. The average molecular weight is 297 g/mol. The fourth-order valence-corrected chi connectivity index (χ4v) is 1.87. The van der Waals surface area contributed by atoms with E-state index in [4.69, 9.17) is 4.74 Å². The Morgan fingerprint density at radius 3 is 2.80 bits per heavy atom. The second kappa shape index (κ2) is 6.51. The molecule has 4 nitrogen and oxygen atoms in total. The van der Waals surface area contributed by atoms with E-state index in [0.717, 1.165) is 6.07 Å². The predicted octanol–water partition coefficient (Wildman–Crippen LogP) is 3.70. The summed E-state index contributed by atoms with van der Waals surface area (Å²) in [6.07, 6.45) is 1.82. The topological polar surface area (TPSA) is 47.0 Å². The molecule has 0 bridgehead atoms. The Hall–Kier alpha value is -1.89. The van der Waals surface area contributed by atoms with Gasteiger partial charge in [-0.1, -0.05) is 17.8 Å². The van der Waals surface area contributed by atoms with Gasteiger partial charge in [0.25, 0.3) is 0 Å². The Kier molecular flexibility index (Phi) is 4.73. The van der Waals surface area contributed by atoms with Gasteiger partial charge in [-0.3, -0.25) is 0 Å². The van der Waals surface area contributed by atoms with E-state index in [-0.39, 0.29) is 11.6 Å². The highest BCUT2D eigenvalue weighted by atomic mass is 32.2. The van der Waals surface area contributed by atoms with Crippen molar-refractivity contribution in [1.82, 2.24) is 9.97 Å². The first-order valence-electron chi connectivity index (χ1n) is 5.93. The molecule has 0 saturated heterocycles. The fraction of sp³-hybridized carbons (Fsp3) is 0.231. The SMILES string of the molecule is CCNc1cc(Oc2cccc(F)c2F)nc(SC)n1. The summed E-state index contributed by atoms with van der Waals surface area (Å²) in [5.74, 6) is -1.49. The Balaban J connectivity index is 2.32. The highest BCUT2D eigenvalue weighted by Gasteiger charge is 2.12. The van der Waals surface area contributed by atoms with Crippen LogP contribution in [0.4, 0.5) is 14.6 Å². The van der Waals surface area contributed by atoms with Crippen LogP contribution in [0.3, 0.4) is 0 Å². The summed E-state index contributed by atoms with van der Waals surface area (Å²) in [5.41, 5.74) is 0. The molecule has 20 heavy (non-hydrogen) atoms. The number of hydrogen-bond donors (Lipinski definition) is 1. The van der Waals surface area contributed by atoms with Gasteiger partial charge in [0.05, 0.1) is 0 Å². The van der Waals surface area contributed by atoms with E-state index in [0.29, 0.717) is 17.5 Å². The molecule has 1 heterocycles. The predicted molar refractivity (Wildman–Crippen MR) is 74.4 cm³/mol. The van der Waals surface area contributed by atoms with Crippen LogP contribution in [-0.2, 0) is 0 Å². The van der Waals surface area contributed by atoms with Crippen LogP contribution in [0.15, 0.2) is 29.4 Å². The van der Waals surface area contributed by atoms with Gasteiger partial charge >= 0.3 is 0 Å². The van der Waals surface area contributed by atoms with Crippen molar-refractivity contribution in [2.75, 3.05) is 18.1 Å². The van der Waals surface area contributed by atoms with E-state index in [1.165, 1.54) is 30.0 Å². The summed E-state index contributed by atoms with van der Waals surface area (Å²) < 4.78 is 32.0. The molecular weight excluding hydrogens is 284 g/mol. The Morgan fingerprint density at radius 1 is 1.30 bits per heavy atom. The molecule has 1 N–H and O–H groups in total. The molecule has 0 fully saturated rings. The zero-order valence-electron chi connectivity index (χ0n) is 11.0. The number of hydrogen-bond acceptors (Lipinski definition) is 5. The second-order valence-corrected chi connectivity index (χ2v) is 4.54. The van der Waals surface area contributed by atoms with Crippen molar-refractivity contribution in [2.24, 2.45) is 0 Å². The highest BCUT2D eigenvalue weighted by molar-refractivity contribution is 7.98. The summed E-state index contributed by atoms with van der Waals surface area (Å²) in [6, 6.07) is 5.27. The van der Waals surface area contributed by atoms with Gasteiger partial charge in [0.1, 0.15) is 5.82 Å². The molecule has 0 unspecified atom stereocenters. The third kappa shape index (κ3) is 3.36. The molecular formula is C13H13F2N3OS. The van der Waals surface area contributed by atoms with Crippen LogP contribution in [-0.4, -0.2) is 22.8 Å². The van der Waals surface area contributed by atoms with Crippen LogP contribution in [0.25, 0.3) is 0 Å². The Labute approximate surface area is 119 Å². The maximum Gasteiger partial charge on any atom is 0.225 e. The molecule has 7 heteroatoms. The van der Waals surface area contributed by atoms with Gasteiger partial charge in [-0.2, -0.15) is 9.37 Å². The number of thioether (sulfide) groups is 1. The lowest BCUT2D eigenvalue weighted by molar-refractivity contribution is 0.402. The number of nitrogens with one attached hydrogen (secondary N) is 1. The molecule has 1 aromatic heterocycles. The number of nitrogens with zero attached hydrogens (tertiary/aromatic N) is 2. The lowest BCUT2D eigenvalue weighted by Crippen LogP contribution is -2.02. The number of anilines is 1. The quantitative estimate of drug-likeness (QED) is 0.673. The fourth-order valence-electron chi connectivity index (χ4n) is 1.49. The van der Waals surface area contributed by atoms with Crippen molar-refractivity contribution >= 4 is 17.6 Å². The van der Waals surface area contributed by atoms with Gasteiger partial charge in [-0.25, -0.2) is 9.37 Å². The zero-order chi connectivity index (χ0) is 14.5. The van der Waals surface area contributed by atoms with Gasteiger partial charge < -0.3 is 10.1 Å². The molecule has 0 aliphatic rings. The molecule has 2 rings (SSSR count). The minimum atomic E-state index is -1.04. The first-order chi connectivity index (χ1) is 9.63. The molecule has 106 valence electrons. The lowest BCUT2D eigenvalue weighted by atomic mass is 10.3. The van der Waals surface area contributed by atoms with E-state index in [1.54, 1.807) is 0 Å². The number of ether oxygens (including phenoxy) is 1. The van der Waals surface area contributed by atoms with Crippen LogP contribution in [0.5, 0.6) is 11.6 Å². The Morgan fingerprint density at radius 2 is 2.10 bits per heavy atom. The number of rotatable bonds is 5. The molecule has 0 atom stereocenters. The monoisotopic (exact) mass is 297 g/mol. The molecule has 0 aliphatic carbocycles. The second-order valence-electron chi connectivity index (χ2n) is 3.76. The molecule has 0 aliphatic heterocycles. The van der Waals surface area contributed by atoms with Crippen LogP contribution in [0.2, 0.25) is 0 Å². The van der Waals surface area contributed by atoms with Gasteiger partial charge in [0.15, 0.2) is 16.7 Å². The third-order valence-electron chi connectivity index (χ3n) is 2.35. The van der Waals surface area contributed by atoms with E-state index < -0.39 is 11.6 Å². The van der Waals surface area contributed by atoms with Crippen LogP contribution in [0, 0.1) is 11.6 Å². The van der Waals surface area contributed by atoms with Gasteiger partial charge in [-0.15, -0.1) is 0 Å². The van der Waals surface area contributed by atoms with E-state index in [9.17, 15) is 8.78 Å². The van der Waals surface area contributed by atoms with Crippen molar-refractivity contribution in [3.8, 4) is 11.6 Å². The number of benzene rings is 1. The maximum atomic E-state index is 13.6. The molecule has 2 aromatic rings. The first kappa shape index (κ1) is 14.5. The largest absolute Gasteiger partial charge is 0.436 e. The third-order valence-corrected chi connectivity index (χ3v) is 2.90. The zero-order valence-corrected chi connectivity index (χ0v) is 11.8. The van der Waals surface area contributed by atoms with Gasteiger partial charge in [0.2, 0.25) is 11.7 Å². The van der Waals surface area contributed by atoms with Crippen molar-refractivity contribution < 1.29 is 13.5 Å². The molecule has 0 amide bonds. The normalized spacial score (nSPS) is 10.4. The molecule has 1 aromatic carbocycles. The number of aromatic nitrogens is 2. The summed E-state index contributed by atoms with van der Waals surface area (Å²) >= 11 is 1.33. The van der Waals surface area contributed by atoms with E-state index in [1.807, 2.05) is 13.2 Å². The summed E-state index contributed by atoms with van der Waals surface area (Å²) in [6.45, 7) is 2.60. The summed E-state index contributed by atoms with van der Waals surface area (Å²) in [7, 11) is 0. The van der Waals surface area contributed by atoms with Crippen molar-refractivity contribution in [1.29, 1.82) is 0 Å². The van der Waals surface area contributed by atoms with E-state index in [2.05, 4.69) is 15.3 Å². The summed E-state index contributed by atoms with van der Waals surface area (Å²) in [4.78, 5) is 8.32. The minimum Gasteiger partial charge on any atom is -0.436 e. The maximum absolute atomic E-state index is 13.6. The van der Waals surface area contributed by atoms with Crippen molar-refractivity contribution in [3.63, 3.8) is 0 Å². The minimum absolute atomic E-state index is 0.157. The lowest BCUT2D eigenvalue weighted by Gasteiger charge is -2.09. The smallest absolute Gasteiger partial charge is 0.225 e. The van der Waals surface area contributed by atoms with E-state index >= 15 is 0 Å². The van der Waals surface area contributed by atoms with Crippen LogP contribution < -0.4 is 10.1 Å². The average Bonchev–Trinajstić information content (AvgIpc) is 2.44. The summed E-state index contributed by atoms with van der Waals surface area (Å²) in [5, 5.41) is 3.50. The Bertz CT molecular complexity index is 610. The van der Waals surface area contributed by atoms with Crippen LogP contribution >= 0.6 is 11.8 Å². The van der Waals surface area contributed by atoms with Crippen molar-refractivity contribution in [2.45, 2.75) is 12.1 Å². The van der Waals surface area contributed by atoms with Crippen molar-refractivity contribution in [3.05, 3.63) is 35.9 Å². The van der Waals surface area contributed by atoms with Gasteiger partial charge in [-0.05, 0) is 25.3 Å². The van der Waals surface area contributed by atoms with Crippen LogP contribution in [0.1, 0.15) is 6.92 Å².